The Hall–Kier alpha value is -1.06. The highest BCUT2D eigenvalue weighted by Gasteiger charge is 2.10. The second-order valence-corrected chi connectivity index (χ2v) is 9.31. The molecule has 4 nitrogen and oxygen atoms in total. The molecule has 31 heavy (non-hydrogen) atoms. The van der Waals surface area contributed by atoms with E-state index in [0.29, 0.717) is 12.8 Å². The lowest BCUT2D eigenvalue weighted by Gasteiger charge is -2.14. The van der Waals surface area contributed by atoms with Crippen LogP contribution < -0.4 is 5.32 Å². The van der Waals surface area contributed by atoms with Crippen LogP contribution in [0.4, 0.5) is 0 Å². The fourth-order valence-electron chi connectivity index (χ4n) is 3.85. The number of unbranched alkanes of at least 4 members (excludes halogenated alkanes) is 16. The van der Waals surface area contributed by atoms with E-state index in [1.165, 1.54) is 89.9 Å². The van der Waals surface area contributed by atoms with Crippen molar-refractivity contribution in [3.63, 3.8) is 0 Å². The van der Waals surface area contributed by atoms with Crippen LogP contribution in [-0.2, 0) is 14.3 Å². The van der Waals surface area contributed by atoms with Crippen molar-refractivity contribution < 1.29 is 14.3 Å². The number of ether oxygens (including phenoxy) is 1. The third-order valence-electron chi connectivity index (χ3n) is 5.89. The number of rotatable bonds is 23. The Morgan fingerprint density at radius 2 is 1.00 bits per heavy atom. The van der Waals surface area contributed by atoms with Gasteiger partial charge in [0.2, 0.25) is 5.91 Å². The summed E-state index contributed by atoms with van der Waals surface area (Å²) in [4.78, 5) is 23.9. The standard InChI is InChI=1S/C27H53NO3/c1-4-6-8-10-12-14-16-18-20-22-26(29)28-25(3)24-31-27(30)23-21-19-17-15-13-11-9-7-5-2/h25H,4-24H2,1-3H3,(H,28,29)/t25-/m0/s1. The van der Waals surface area contributed by atoms with Gasteiger partial charge in [0.25, 0.3) is 0 Å². The van der Waals surface area contributed by atoms with Crippen molar-refractivity contribution in [3.05, 3.63) is 0 Å². The highest BCUT2D eigenvalue weighted by Crippen LogP contribution is 2.12. The van der Waals surface area contributed by atoms with Crippen LogP contribution in [0.15, 0.2) is 0 Å². The minimum atomic E-state index is -0.136. The summed E-state index contributed by atoms with van der Waals surface area (Å²) in [7, 11) is 0. The molecule has 0 spiro atoms. The minimum absolute atomic E-state index is 0.0745. The molecule has 0 heterocycles. The Morgan fingerprint density at radius 3 is 1.45 bits per heavy atom. The molecule has 0 saturated heterocycles. The van der Waals surface area contributed by atoms with Crippen LogP contribution in [-0.4, -0.2) is 24.5 Å². The SMILES string of the molecule is CCCCCCCCCCCC(=O)N[C@@H](C)COC(=O)CCCCCCCCCCC. The predicted octanol–water partition coefficient (Wildman–Crippen LogP) is 7.88. The van der Waals surface area contributed by atoms with Crippen molar-refractivity contribution in [2.24, 2.45) is 0 Å². The molecule has 0 aliphatic carbocycles. The number of hydrogen-bond acceptors (Lipinski definition) is 3. The van der Waals surface area contributed by atoms with Crippen molar-refractivity contribution in [2.45, 2.75) is 155 Å². The van der Waals surface area contributed by atoms with Gasteiger partial charge in [0.1, 0.15) is 6.61 Å². The maximum atomic E-state index is 12.0. The van der Waals surface area contributed by atoms with E-state index in [9.17, 15) is 9.59 Å². The van der Waals surface area contributed by atoms with Gasteiger partial charge in [-0.3, -0.25) is 9.59 Å². The van der Waals surface area contributed by atoms with Crippen molar-refractivity contribution in [2.75, 3.05) is 6.61 Å². The summed E-state index contributed by atoms with van der Waals surface area (Å²) < 4.78 is 5.32. The Morgan fingerprint density at radius 1 is 0.613 bits per heavy atom. The summed E-state index contributed by atoms with van der Waals surface area (Å²) in [5.74, 6) is -0.0617. The number of carbonyl (C=O) groups is 2. The first kappa shape index (κ1) is 29.9. The third kappa shape index (κ3) is 23.4. The zero-order valence-electron chi connectivity index (χ0n) is 21.2. The first-order chi connectivity index (χ1) is 15.1. The molecule has 184 valence electrons. The molecule has 0 aromatic rings. The van der Waals surface area contributed by atoms with Crippen molar-refractivity contribution in [1.29, 1.82) is 0 Å². The van der Waals surface area contributed by atoms with Crippen LogP contribution in [0.25, 0.3) is 0 Å². The van der Waals surface area contributed by atoms with Gasteiger partial charge in [-0.2, -0.15) is 0 Å². The monoisotopic (exact) mass is 439 g/mol. The van der Waals surface area contributed by atoms with Gasteiger partial charge in [-0.15, -0.1) is 0 Å². The molecule has 1 amide bonds. The van der Waals surface area contributed by atoms with Crippen LogP contribution in [0.2, 0.25) is 0 Å². The fraction of sp³-hybridized carbons (Fsp3) is 0.926. The Labute approximate surface area is 193 Å². The van der Waals surface area contributed by atoms with Crippen molar-refractivity contribution in [1.82, 2.24) is 5.32 Å². The summed E-state index contributed by atoms with van der Waals surface area (Å²) >= 11 is 0. The lowest BCUT2D eigenvalue weighted by molar-refractivity contribution is -0.145. The van der Waals surface area contributed by atoms with E-state index in [1.54, 1.807) is 0 Å². The van der Waals surface area contributed by atoms with Crippen molar-refractivity contribution in [3.8, 4) is 0 Å². The van der Waals surface area contributed by atoms with Gasteiger partial charge < -0.3 is 10.1 Å². The molecular weight excluding hydrogens is 386 g/mol. The first-order valence-corrected chi connectivity index (χ1v) is 13.5. The first-order valence-electron chi connectivity index (χ1n) is 13.5. The quantitative estimate of drug-likeness (QED) is 0.130. The predicted molar refractivity (Wildman–Crippen MR) is 132 cm³/mol. The number of hydrogen-bond donors (Lipinski definition) is 1. The molecule has 0 aliphatic heterocycles. The topological polar surface area (TPSA) is 55.4 Å². The molecule has 0 aromatic carbocycles. The molecule has 0 aliphatic rings. The molecule has 0 radical (unpaired) electrons. The van der Waals surface area contributed by atoms with Gasteiger partial charge in [0.15, 0.2) is 0 Å². The Balaban J connectivity index is 3.46. The summed E-state index contributed by atoms with van der Waals surface area (Å²) in [6.45, 7) is 6.67. The van der Waals surface area contributed by atoms with E-state index in [0.717, 1.165) is 25.7 Å². The lowest BCUT2D eigenvalue weighted by atomic mass is 10.1. The van der Waals surface area contributed by atoms with E-state index in [2.05, 4.69) is 19.2 Å². The average molecular weight is 440 g/mol. The highest BCUT2D eigenvalue weighted by atomic mass is 16.5. The molecule has 4 heteroatoms. The second kappa shape index (κ2) is 23.6. The summed E-state index contributed by atoms with van der Waals surface area (Å²) in [5, 5.41) is 2.95. The van der Waals surface area contributed by atoms with Gasteiger partial charge in [-0.25, -0.2) is 0 Å². The van der Waals surface area contributed by atoms with Gasteiger partial charge in [0.05, 0.1) is 6.04 Å². The lowest BCUT2D eigenvalue weighted by Crippen LogP contribution is -2.36. The van der Waals surface area contributed by atoms with Crippen LogP contribution in [0.5, 0.6) is 0 Å². The molecule has 0 aromatic heterocycles. The Kier molecular flexibility index (Phi) is 22.8. The molecule has 0 saturated carbocycles. The zero-order chi connectivity index (χ0) is 23.0. The maximum absolute atomic E-state index is 12.0. The van der Waals surface area contributed by atoms with Gasteiger partial charge in [-0.05, 0) is 19.8 Å². The number of esters is 1. The molecule has 0 fully saturated rings. The summed E-state index contributed by atoms with van der Waals surface area (Å²) in [6.07, 6.45) is 23.5. The van der Waals surface area contributed by atoms with Crippen LogP contribution >= 0.6 is 0 Å². The number of amides is 1. The third-order valence-corrected chi connectivity index (χ3v) is 5.89. The maximum Gasteiger partial charge on any atom is 0.305 e. The van der Waals surface area contributed by atoms with Crippen LogP contribution in [0, 0.1) is 0 Å². The van der Waals surface area contributed by atoms with Gasteiger partial charge >= 0.3 is 5.97 Å². The molecule has 0 unspecified atom stereocenters. The van der Waals surface area contributed by atoms with Gasteiger partial charge in [-0.1, -0.05) is 117 Å². The van der Waals surface area contributed by atoms with E-state index in [-0.39, 0.29) is 24.5 Å². The largest absolute Gasteiger partial charge is 0.464 e. The Bertz CT molecular complexity index is 411. The van der Waals surface area contributed by atoms with E-state index < -0.39 is 0 Å². The molecule has 0 bridgehead atoms. The minimum Gasteiger partial charge on any atom is -0.464 e. The summed E-state index contributed by atoms with van der Waals surface area (Å²) in [6, 6.07) is -0.113. The highest BCUT2D eigenvalue weighted by molar-refractivity contribution is 5.76. The van der Waals surface area contributed by atoms with E-state index in [1.807, 2.05) is 6.92 Å². The van der Waals surface area contributed by atoms with Crippen LogP contribution in [0.3, 0.4) is 0 Å². The fourth-order valence-corrected chi connectivity index (χ4v) is 3.85. The number of carbonyl (C=O) groups excluding carboxylic acids is 2. The molecule has 0 rings (SSSR count). The normalized spacial score (nSPS) is 12.0. The average Bonchev–Trinajstić information content (AvgIpc) is 2.75. The second-order valence-electron chi connectivity index (χ2n) is 9.31. The smallest absolute Gasteiger partial charge is 0.305 e. The van der Waals surface area contributed by atoms with E-state index >= 15 is 0 Å². The van der Waals surface area contributed by atoms with E-state index in [4.69, 9.17) is 4.74 Å². The molecular formula is C27H53NO3. The summed E-state index contributed by atoms with van der Waals surface area (Å²) in [5.41, 5.74) is 0. The molecule has 1 atom stereocenters. The van der Waals surface area contributed by atoms with Gasteiger partial charge in [0, 0.05) is 12.8 Å². The number of nitrogens with one attached hydrogen (secondary N) is 1. The zero-order valence-corrected chi connectivity index (χ0v) is 21.2. The van der Waals surface area contributed by atoms with Crippen LogP contribution in [0.1, 0.15) is 149 Å². The molecule has 1 N–H and O–H groups in total. The van der Waals surface area contributed by atoms with Crippen molar-refractivity contribution >= 4 is 11.9 Å².